The van der Waals surface area contributed by atoms with Crippen LogP contribution < -0.4 is 9.61 Å². The summed E-state index contributed by atoms with van der Waals surface area (Å²) in [4.78, 5) is 17.3. The van der Waals surface area contributed by atoms with Crippen molar-refractivity contribution in [2.75, 3.05) is 0 Å². The van der Waals surface area contributed by atoms with Crippen LogP contribution in [0.4, 0.5) is 3.89 Å². The average molecular weight is 517 g/mol. The topological polar surface area (TPSA) is 81.2 Å². The Morgan fingerprint density at radius 1 is 1.08 bits per heavy atom. The number of terminal acetylenes is 1. The first kappa shape index (κ1) is 24.6. The lowest BCUT2D eigenvalue weighted by molar-refractivity contribution is 0.440. The summed E-state index contributed by atoms with van der Waals surface area (Å²) in [6.45, 7) is 4.78. The second-order valence-electron chi connectivity index (χ2n) is 8.97. The molecule has 6 nitrogen and oxygen atoms in total. The summed E-state index contributed by atoms with van der Waals surface area (Å²) in [7, 11) is -5.15. The van der Waals surface area contributed by atoms with Crippen LogP contribution >= 0.6 is 0 Å². The smallest absolute Gasteiger partial charge is 0.358 e. The van der Waals surface area contributed by atoms with Crippen molar-refractivity contribution >= 4 is 43.3 Å². The normalized spacial score (nSPS) is 11.8. The molecule has 0 atom stereocenters. The Kier molecular flexibility index (Phi) is 6.26. The zero-order chi connectivity index (χ0) is 26.3. The lowest BCUT2D eigenvalue weighted by Gasteiger charge is -2.17. The van der Waals surface area contributed by atoms with Crippen LogP contribution in [0.2, 0.25) is 0 Å². The van der Waals surface area contributed by atoms with Gasteiger partial charge >= 0.3 is 10.5 Å². The van der Waals surface area contributed by atoms with E-state index in [1.807, 2.05) is 37.3 Å². The maximum absolute atomic E-state index is 13.9. The summed E-state index contributed by atoms with van der Waals surface area (Å²) in [6, 6.07) is 15.7. The van der Waals surface area contributed by atoms with Gasteiger partial charge in [0.05, 0.1) is 10.9 Å². The number of hydrogen-bond acceptors (Lipinski definition) is 4. The Bertz CT molecular complexity index is 1900. The summed E-state index contributed by atoms with van der Waals surface area (Å²) >= 11 is 0. The number of unbranched alkanes of at least 4 members (excludes halogenated alkanes) is 1. The molecule has 0 unspecified atom stereocenters. The highest BCUT2D eigenvalue weighted by Gasteiger charge is 2.19. The van der Waals surface area contributed by atoms with E-state index in [4.69, 9.17) is 6.42 Å². The molecule has 0 aliphatic carbocycles. The van der Waals surface area contributed by atoms with Gasteiger partial charge in [0.2, 0.25) is 0 Å². The van der Waals surface area contributed by atoms with E-state index in [0.29, 0.717) is 29.3 Å². The van der Waals surface area contributed by atoms with E-state index in [-0.39, 0.29) is 11.2 Å². The van der Waals surface area contributed by atoms with Gasteiger partial charge in [0, 0.05) is 28.4 Å². The molecule has 37 heavy (non-hydrogen) atoms. The van der Waals surface area contributed by atoms with Gasteiger partial charge in [0.1, 0.15) is 11.4 Å². The molecule has 5 rings (SSSR count). The van der Waals surface area contributed by atoms with Crippen molar-refractivity contribution in [2.24, 2.45) is 0 Å². The van der Waals surface area contributed by atoms with Crippen molar-refractivity contribution in [3.63, 3.8) is 0 Å². The highest BCUT2D eigenvalue weighted by molar-refractivity contribution is 7.81. The number of benzene rings is 3. The molecule has 0 amide bonds. The minimum atomic E-state index is -5.15. The van der Waals surface area contributed by atoms with Crippen molar-refractivity contribution < 1.29 is 16.5 Å². The van der Waals surface area contributed by atoms with Gasteiger partial charge in [-0.05, 0) is 65.9 Å². The average Bonchev–Trinajstić information content (AvgIpc) is 3.26. The molecule has 0 saturated carbocycles. The molecule has 2 heterocycles. The van der Waals surface area contributed by atoms with Gasteiger partial charge in [-0.2, -0.15) is 8.42 Å². The van der Waals surface area contributed by atoms with E-state index in [2.05, 4.69) is 26.6 Å². The highest BCUT2D eigenvalue weighted by atomic mass is 32.3. The van der Waals surface area contributed by atoms with E-state index in [9.17, 15) is 17.1 Å². The third kappa shape index (κ3) is 4.47. The number of aromatic amines is 1. The Morgan fingerprint density at radius 2 is 1.89 bits per heavy atom. The molecule has 0 aliphatic rings. The van der Waals surface area contributed by atoms with Crippen molar-refractivity contribution in [3.05, 3.63) is 75.9 Å². The van der Waals surface area contributed by atoms with Crippen LogP contribution in [0.15, 0.2) is 59.4 Å². The molecular weight excluding hydrogens is 491 g/mol. The number of nitrogens with zero attached hydrogens (tertiary/aromatic N) is 1. The summed E-state index contributed by atoms with van der Waals surface area (Å²) in [6.07, 6.45) is 8.09. The molecule has 0 spiro atoms. The Morgan fingerprint density at radius 3 is 2.59 bits per heavy atom. The largest absolute Gasteiger partial charge is 0.488 e. The third-order valence-corrected chi connectivity index (χ3v) is 7.05. The number of pyridine rings is 1. The molecule has 3 aromatic carbocycles. The number of aromatic nitrogens is 2. The lowest BCUT2D eigenvalue weighted by atomic mass is 9.95. The van der Waals surface area contributed by atoms with E-state index in [1.54, 1.807) is 12.1 Å². The van der Waals surface area contributed by atoms with E-state index in [0.717, 1.165) is 51.6 Å². The van der Waals surface area contributed by atoms with Gasteiger partial charge in [0.25, 0.3) is 0 Å². The van der Waals surface area contributed by atoms with Gasteiger partial charge in [-0.1, -0.05) is 48.3 Å². The molecule has 8 heteroatoms. The number of aryl methyl sites for hydroxylation is 2. The maximum atomic E-state index is 13.9. The lowest BCUT2D eigenvalue weighted by Crippen LogP contribution is -2.12. The number of H-pyrrole nitrogens is 1. The molecule has 1 N–H and O–H groups in total. The number of nitrogens with one attached hydrogen (secondary N) is 1. The molecule has 0 saturated heterocycles. The Labute approximate surface area is 214 Å². The fourth-order valence-corrected chi connectivity index (χ4v) is 5.27. The van der Waals surface area contributed by atoms with Crippen molar-refractivity contribution in [2.45, 2.75) is 39.7 Å². The fourth-order valence-electron chi connectivity index (χ4n) is 4.94. The van der Waals surface area contributed by atoms with Crippen LogP contribution in [0.25, 0.3) is 44.0 Å². The van der Waals surface area contributed by atoms with Gasteiger partial charge in [-0.25, -0.2) is 0 Å². The summed E-state index contributed by atoms with van der Waals surface area (Å²) in [5.41, 5.74) is 5.31. The third-order valence-electron chi connectivity index (χ3n) is 6.66. The van der Waals surface area contributed by atoms with E-state index in [1.165, 1.54) is 12.1 Å². The summed E-state index contributed by atoms with van der Waals surface area (Å²) in [5.74, 6) is 2.52. The Hall–Kier alpha value is -4.09. The molecule has 2 aromatic heterocycles. The molecular formula is C29H25FN2O4S. The van der Waals surface area contributed by atoms with Gasteiger partial charge in [-0.3, -0.25) is 4.79 Å². The van der Waals surface area contributed by atoms with Crippen molar-refractivity contribution in [1.82, 2.24) is 9.55 Å². The molecule has 188 valence electrons. The monoisotopic (exact) mass is 516 g/mol. The second kappa shape index (κ2) is 9.41. The van der Waals surface area contributed by atoms with E-state index >= 15 is 0 Å². The predicted octanol–water partition coefficient (Wildman–Crippen LogP) is 6.24. The molecule has 0 fully saturated rings. The predicted molar refractivity (Wildman–Crippen MR) is 146 cm³/mol. The van der Waals surface area contributed by atoms with E-state index < -0.39 is 10.5 Å². The van der Waals surface area contributed by atoms with Gasteiger partial charge in [-0.15, -0.1) is 6.42 Å². The summed E-state index contributed by atoms with van der Waals surface area (Å²) < 4.78 is 41.8. The molecule has 0 aliphatic heterocycles. The SMILES string of the molecule is C#Cc1ccc2c(c1)[nH]c1c2c(=O)c2cc(CC)c(-c3cccc(OS(=O)(=O)F)c3)cc2n1CCCC. The van der Waals surface area contributed by atoms with Gasteiger partial charge in [0.15, 0.2) is 5.43 Å². The van der Waals surface area contributed by atoms with Crippen LogP contribution in [0, 0.1) is 12.3 Å². The molecule has 0 bridgehead atoms. The highest BCUT2D eigenvalue weighted by Crippen LogP contribution is 2.34. The maximum Gasteiger partial charge on any atom is 0.488 e. The zero-order valence-electron chi connectivity index (χ0n) is 20.5. The molecule has 0 radical (unpaired) electrons. The van der Waals surface area contributed by atoms with Gasteiger partial charge < -0.3 is 13.7 Å². The minimum absolute atomic E-state index is 0.0701. The fraction of sp³-hybridized carbons (Fsp3) is 0.207. The van der Waals surface area contributed by atoms with Crippen LogP contribution in [0.5, 0.6) is 5.75 Å². The van der Waals surface area contributed by atoms with Crippen molar-refractivity contribution in [1.29, 1.82) is 0 Å². The second-order valence-corrected chi connectivity index (χ2v) is 9.92. The Balaban J connectivity index is 1.84. The summed E-state index contributed by atoms with van der Waals surface area (Å²) in [5, 5.41) is 2.05. The van der Waals surface area contributed by atoms with Crippen LogP contribution in [0.1, 0.15) is 37.8 Å². The first-order chi connectivity index (χ1) is 17.7. The van der Waals surface area contributed by atoms with Crippen LogP contribution in [-0.4, -0.2) is 18.0 Å². The zero-order valence-corrected chi connectivity index (χ0v) is 21.3. The minimum Gasteiger partial charge on any atom is -0.358 e. The first-order valence-corrected chi connectivity index (χ1v) is 13.4. The number of halogens is 1. The van der Waals surface area contributed by atoms with Crippen LogP contribution in [0.3, 0.4) is 0 Å². The number of fused-ring (bicyclic) bond motifs is 4. The van der Waals surface area contributed by atoms with Crippen molar-refractivity contribution in [3.8, 4) is 29.2 Å². The number of hydrogen-bond donors (Lipinski definition) is 1. The quantitative estimate of drug-likeness (QED) is 0.205. The van der Waals surface area contributed by atoms with Crippen LogP contribution in [-0.2, 0) is 23.5 Å². The standard InChI is InChI=1S/C29H25FN2O4S/c1-4-7-13-32-26-17-23(20-9-8-10-21(15-20)36-37(30,34)35)19(6-3)16-24(26)28(33)27-22-12-11-18(5-2)14-25(22)31-29(27)32/h2,8-12,14-17,31H,4,6-7,13H2,1,3H3. The molecule has 5 aromatic rings. The number of rotatable bonds is 7. The first-order valence-electron chi connectivity index (χ1n) is 12.1.